The maximum absolute atomic E-state index is 11.9. The highest BCUT2D eigenvalue weighted by Gasteiger charge is 2.16. The first-order valence-electron chi connectivity index (χ1n) is 6.45. The summed E-state index contributed by atoms with van der Waals surface area (Å²) in [5, 5.41) is 0. The van der Waals surface area contributed by atoms with Crippen molar-refractivity contribution in [2.45, 2.75) is 46.5 Å². The molecule has 0 fully saturated rings. The zero-order valence-electron chi connectivity index (χ0n) is 11.3. The molecule has 0 heterocycles. The van der Waals surface area contributed by atoms with Crippen molar-refractivity contribution in [3.8, 4) is 0 Å². The van der Waals surface area contributed by atoms with Crippen LogP contribution >= 0.6 is 0 Å². The topological polar surface area (TPSA) is 46.3 Å². The minimum atomic E-state index is 0.240. The van der Waals surface area contributed by atoms with Crippen molar-refractivity contribution in [2.75, 3.05) is 20.1 Å². The second-order valence-electron chi connectivity index (χ2n) is 5.10. The molecule has 0 saturated heterocycles. The quantitative estimate of drug-likeness (QED) is 0.692. The number of rotatable bonds is 8. The van der Waals surface area contributed by atoms with Gasteiger partial charge in [0.05, 0.1) is 0 Å². The van der Waals surface area contributed by atoms with Gasteiger partial charge in [0.15, 0.2) is 0 Å². The Hall–Kier alpha value is -0.570. The van der Waals surface area contributed by atoms with Crippen molar-refractivity contribution in [3.05, 3.63) is 0 Å². The van der Waals surface area contributed by atoms with Crippen molar-refractivity contribution >= 4 is 5.91 Å². The molecule has 0 bridgehead atoms. The average Bonchev–Trinajstić information content (AvgIpc) is 2.23. The number of amides is 1. The molecule has 1 unspecified atom stereocenters. The van der Waals surface area contributed by atoms with Crippen LogP contribution in [0.5, 0.6) is 0 Å². The van der Waals surface area contributed by atoms with E-state index in [4.69, 9.17) is 5.73 Å². The molecular formula is C13H28N2O. The van der Waals surface area contributed by atoms with E-state index in [1.165, 1.54) is 0 Å². The first-order chi connectivity index (χ1) is 7.51. The van der Waals surface area contributed by atoms with E-state index in [2.05, 4.69) is 20.8 Å². The highest BCUT2D eigenvalue weighted by atomic mass is 16.2. The summed E-state index contributed by atoms with van der Waals surface area (Å²) in [6.07, 6.45) is 3.86. The number of carbonyl (C=O) groups excluding carboxylic acids is 1. The smallest absolute Gasteiger partial charge is 0.222 e. The van der Waals surface area contributed by atoms with E-state index >= 15 is 0 Å². The van der Waals surface area contributed by atoms with Gasteiger partial charge in [0.25, 0.3) is 0 Å². The first-order valence-corrected chi connectivity index (χ1v) is 6.45. The van der Waals surface area contributed by atoms with E-state index in [1.54, 1.807) is 0 Å². The molecule has 3 heteroatoms. The van der Waals surface area contributed by atoms with Crippen LogP contribution in [-0.2, 0) is 4.79 Å². The molecule has 2 N–H and O–H groups in total. The molecular weight excluding hydrogens is 200 g/mol. The zero-order valence-corrected chi connectivity index (χ0v) is 11.3. The zero-order chi connectivity index (χ0) is 12.6. The van der Waals surface area contributed by atoms with Crippen LogP contribution in [0.3, 0.4) is 0 Å². The fourth-order valence-electron chi connectivity index (χ4n) is 1.85. The van der Waals surface area contributed by atoms with Crippen molar-refractivity contribution in [1.29, 1.82) is 0 Å². The average molecular weight is 228 g/mol. The van der Waals surface area contributed by atoms with Gasteiger partial charge in [-0.25, -0.2) is 0 Å². The molecule has 3 nitrogen and oxygen atoms in total. The Bertz CT molecular complexity index is 192. The number of unbranched alkanes of at least 4 members (excludes halogenated alkanes) is 1. The summed E-state index contributed by atoms with van der Waals surface area (Å²) in [5.74, 6) is 1.20. The van der Waals surface area contributed by atoms with Crippen LogP contribution in [0, 0.1) is 11.8 Å². The van der Waals surface area contributed by atoms with Gasteiger partial charge in [-0.3, -0.25) is 4.79 Å². The molecule has 0 aliphatic carbocycles. The number of nitrogens with two attached hydrogens (primary N) is 1. The SMILES string of the molecule is CCCCN(C)C(=O)CC(CN)CC(C)C. The monoisotopic (exact) mass is 228 g/mol. The third-order valence-corrected chi connectivity index (χ3v) is 2.87. The summed E-state index contributed by atoms with van der Waals surface area (Å²) < 4.78 is 0. The van der Waals surface area contributed by atoms with E-state index in [0.717, 1.165) is 25.8 Å². The lowest BCUT2D eigenvalue weighted by atomic mass is 9.94. The summed E-state index contributed by atoms with van der Waals surface area (Å²) in [6, 6.07) is 0. The Morgan fingerprint density at radius 3 is 2.44 bits per heavy atom. The molecule has 0 aliphatic rings. The summed E-state index contributed by atoms with van der Waals surface area (Å²) in [6.45, 7) is 7.97. The van der Waals surface area contributed by atoms with Crippen molar-refractivity contribution in [2.24, 2.45) is 17.6 Å². The van der Waals surface area contributed by atoms with Gasteiger partial charge >= 0.3 is 0 Å². The Kier molecular flexibility index (Phi) is 8.26. The number of carbonyl (C=O) groups is 1. The molecule has 0 aromatic rings. The van der Waals surface area contributed by atoms with E-state index in [-0.39, 0.29) is 5.91 Å². The van der Waals surface area contributed by atoms with E-state index in [1.807, 2.05) is 11.9 Å². The lowest BCUT2D eigenvalue weighted by Gasteiger charge is -2.21. The molecule has 1 amide bonds. The minimum Gasteiger partial charge on any atom is -0.346 e. The number of hydrogen-bond donors (Lipinski definition) is 1. The van der Waals surface area contributed by atoms with Crippen molar-refractivity contribution < 1.29 is 4.79 Å². The third kappa shape index (κ3) is 6.83. The minimum absolute atomic E-state index is 0.240. The lowest BCUT2D eigenvalue weighted by molar-refractivity contribution is -0.131. The van der Waals surface area contributed by atoms with Gasteiger partial charge in [0.1, 0.15) is 0 Å². The second-order valence-corrected chi connectivity index (χ2v) is 5.10. The van der Waals surface area contributed by atoms with E-state index in [9.17, 15) is 4.79 Å². The molecule has 0 saturated carbocycles. The molecule has 0 aromatic carbocycles. The third-order valence-electron chi connectivity index (χ3n) is 2.87. The fourth-order valence-corrected chi connectivity index (χ4v) is 1.85. The summed E-state index contributed by atoms with van der Waals surface area (Å²) in [5.41, 5.74) is 5.70. The molecule has 0 aromatic heterocycles. The first kappa shape index (κ1) is 15.4. The van der Waals surface area contributed by atoms with E-state index < -0.39 is 0 Å². The molecule has 1 atom stereocenters. The highest BCUT2D eigenvalue weighted by molar-refractivity contribution is 5.76. The Morgan fingerprint density at radius 2 is 2.00 bits per heavy atom. The van der Waals surface area contributed by atoms with Crippen molar-refractivity contribution in [1.82, 2.24) is 4.90 Å². The fraction of sp³-hybridized carbons (Fsp3) is 0.923. The van der Waals surface area contributed by atoms with Crippen LogP contribution in [0.25, 0.3) is 0 Å². The van der Waals surface area contributed by atoms with Gasteiger partial charge in [0.2, 0.25) is 5.91 Å². The van der Waals surface area contributed by atoms with Gasteiger partial charge in [-0.2, -0.15) is 0 Å². The predicted octanol–water partition coefficient (Wildman–Crippen LogP) is 2.26. The van der Waals surface area contributed by atoms with Crippen LogP contribution in [0.15, 0.2) is 0 Å². The molecule has 16 heavy (non-hydrogen) atoms. The normalized spacial score (nSPS) is 12.9. The highest BCUT2D eigenvalue weighted by Crippen LogP contribution is 2.15. The molecule has 0 radical (unpaired) electrons. The number of hydrogen-bond acceptors (Lipinski definition) is 2. The van der Waals surface area contributed by atoms with Crippen molar-refractivity contribution in [3.63, 3.8) is 0 Å². The largest absolute Gasteiger partial charge is 0.346 e. The van der Waals surface area contributed by atoms with Crippen LogP contribution in [0.4, 0.5) is 0 Å². The maximum Gasteiger partial charge on any atom is 0.222 e. The van der Waals surface area contributed by atoms with Crippen LogP contribution < -0.4 is 5.73 Å². The van der Waals surface area contributed by atoms with Gasteiger partial charge < -0.3 is 10.6 Å². The van der Waals surface area contributed by atoms with Gasteiger partial charge in [-0.05, 0) is 31.2 Å². The van der Waals surface area contributed by atoms with Gasteiger partial charge in [0, 0.05) is 20.0 Å². The van der Waals surface area contributed by atoms with E-state index in [0.29, 0.717) is 24.8 Å². The predicted molar refractivity (Wildman–Crippen MR) is 69.2 cm³/mol. The Morgan fingerprint density at radius 1 is 1.38 bits per heavy atom. The van der Waals surface area contributed by atoms with Gasteiger partial charge in [-0.15, -0.1) is 0 Å². The second kappa shape index (κ2) is 8.57. The van der Waals surface area contributed by atoms with Crippen LogP contribution in [0.1, 0.15) is 46.5 Å². The summed E-state index contributed by atoms with van der Waals surface area (Å²) >= 11 is 0. The summed E-state index contributed by atoms with van der Waals surface area (Å²) in [4.78, 5) is 13.7. The molecule has 96 valence electrons. The van der Waals surface area contributed by atoms with Gasteiger partial charge in [-0.1, -0.05) is 27.2 Å². The Labute approximate surface area is 100 Å². The molecule has 0 rings (SSSR count). The Balaban J connectivity index is 3.98. The standard InChI is InChI=1S/C13H28N2O/c1-5-6-7-15(4)13(16)9-12(10-14)8-11(2)3/h11-12H,5-10,14H2,1-4H3. The number of nitrogens with zero attached hydrogens (tertiary/aromatic N) is 1. The van der Waals surface area contributed by atoms with Crippen LogP contribution in [0.2, 0.25) is 0 Å². The van der Waals surface area contributed by atoms with Crippen LogP contribution in [-0.4, -0.2) is 30.9 Å². The molecule has 0 aliphatic heterocycles. The summed E-state index contributed by atoms with van der Waals surface area (Å²) in [7, 11) is 1.89. The lowest BCUT2D eigenvalue weighted by Crippen LogP contribution is -2.31. The molecule has 0 spiro atoms. The maximum atomic E-state index is 11.9.